The van der Waals surface area contributed by atoms with Gasteiger partial charge in [0.15, 0.2) is 0 Å². The van der Waals surface area contributed by atoms with Gasteiger partial charge in [-0.15, -0.1) is 0 Å². The average Bonchev–Trinajstić information content (AvgIpc) is 2.79. The molecule has 168 valence electrons. The van der Waals surface area contributed by atoms with E-state index in [-0.39, 0.29) is 12.0 Å². The first-order valence-electron chi connectivity index (χ1n) is 10.9. The molecule has 0 aliphatic carbocycles. The number of pyridine rings is 1. The van der Waals surface area contributed by atoms with Gasteiger partial charge in [-0.1, -0.05) is 12.5 Å². The van der Waals surface area contributed by atoms with Crippen LogP contribution >= 0.6 is 0 Å². The Morgan fingerprint density at radius 3 is 2.78 bits per heavy atom. The van der Waals surface area contributed by atoms with E-state index in [1.807, 2.05) is 19.1 Å². The van der Waals surface area contributed by atoms with Crippen LogP contribution in [0.5, 0.6) is 0 Å². The Balaban J connectivity index is 1.57. The zero-order valence-corrected chi connectivity index (χ0v) is 19.1. The summed E-state index contributed by atoms with van der Waals surface area (Å²) in [5, 5.41) is 3.94. The van der Waals surface area contributed by atoms with Gasteiger partial charge >= 0.3 is 5.97 Å². The number of nitrogens with zero attached hydrogens (tertiary/aromatic N) is 2. The van der Waals surface area contributed by atoms with Crippen LogP contribution in [-0.2, 0) is 14.8 Å². The highest BCUT2D eigenvalue weighted by Crippen LogP contribution is 2.28. The highest BCUT2D eigenvalue weighted by molar-refractivity contribution is 7.89. The number of anilines is 2. The molecule has 0 amide bonds. The first-order valence-corrected chi connectivity index (χ1v) is 12.3. The molecule has 0 unspecified atom stereocenters. The maximum absolute atomic E-state index is 13.1. The van der Waals surface area contributed by atoms with Crippen molar-refractivity contribution >= 4 is 38.4 Å². The number of sulfonamides is 1. The SMILES string of the molecule is CCOC(=O)c1cccc(Nc2ccc3cc(S(=O)(=O)N4CCCC[C@@H]4C)ccc3n2)c1. The normalized spacial score (nSPS) is 17.2. The molecule has 1 aliphatic rings. The van der Waals surface area contributed by atoms with Crippen molar-refractivity contribution in [3.63, 3.8) is 0 Å². The number of aromatic nitrogens is 1. The maximum atomic E-state index is 13.1. The van der Waals surface area contributed by atoms with E-state index >= 15 is 0 Å². The van der Waals surface area contributed by atoms with E-state index in [1.54, 1.807) is 53.7 Å². The summed E-state index contributed by atoms with van der Waals surface area (Å²) < 4.78 is 32.9. The van der Waals surface area contributed by atoms with Crippen LogP contribution in [0.2, 0.25) is 0 Å². The minimum atomic E-state index is -3.53. The Hall–Kier alpha value is -2.97. The van der Waals surface area contributed by atoms with Crippen molar-refractivity contribution in [2.24, 2.45) is 0 Å². The summed E-state index contributed by atoms with van der Waals surface area (Å²) in [7, 11) is -3.53. The molecule has 3 aromatic rings. The maximum Gasteiger partial charge on any atom is 0.338 e. The van der Waals surface area contributed by atoms with Gasteiger partial charge in [-0.2, -0.15) is 4.31 Å². The summed E-state index contributed by atoms with van der Waals surface area (Å²) in [4.78, 5) is 16.8. The number of hydrogen-bond donors (Lipinski definition) is 1. The summed E-state index contributed by atoms with van der Waals surface area (Å²) in [6.07, 6.45) is 2.85. The molecular formula is C24H27N3O4S. The summed E-state index contributed by atoms with van der Waals surface area (Å²) in [5.74, 6) is 0.221. The zero-order valence-electron chi connectivity index (χ0n) is 18.2. The number of nitrogens with one attached hydrogen (secondary N) is 1. The van der Waals surface area contributed by atoms with E-state index < -0.39 is 10.0 Å². The molecular weight excluding hydrogens is 426 g/mol. The Labute approximate surface area is 188 Å². The van der Waals surface area contributed by atoms with Crippen LogP contribution < -0.4 is 5.32 Å². The van der Waals surface area contributed by atoms with Crippen LogP contribution in [0, 0.1) is 0 Å². The Bertz CT molecular complexity index is 1240. The molecule has 0 spiro atoms. The smallest absolute Gasteiger partial charge is 0.338 e. The van der Waals surface area contributed by atoms with Crippen LogP contribution in [0.3, 0.4) is 0 Å². The number of carbonyl (C=O) groups excluding carboxylic acids is 1. The van der Waals surface area contributed by atoms with Crippen LogP contribution in [0.4, 0.5) is 11.5 Å². The molecule has 0 radical (unpaired) electrons. The quantitative estimate of drug-likeness (QED) is 0.544. The predicted molar refractivity (Wildman–Crippen MR) is 125 cm³/mol. The molecule has 1 atom stereocenters. The number of hydrogen-bond acceptors (Lipinski definition) is 6. The Morgan fingerprint density at radius 1 is 1.16 bits per heavy atom. The topological polar surface area (TPSA) is 88.6 Å². The van der Waals surface area contributed by atoms with Gasteiger partial charge in [0.1, 0.15) is 5.82 Å². The molecule has 7 nitrogen and oxygen atoms in total. The Morgan fingerprint density at radius 2 is 2.00 bits per heavy atom. The van der Waals surface area contributed by atoms with Crippen molar-refractivity contribution < 1.29 is 17.9 Å². The fourth-order valence-electron chi connectivity index (χ4n) is 3.98. The lowest BCUT2D eigenvalue weighted by Crippen LogP contribution is -2.41. The first-order chi connectivity index (χ1) is 15.4. The summed E-state index contributed by atoms with van der Waals surface area (Å²) in [6.45, 7) is 4.61. The highest BCUT2D eigenvalue weighted by atomic mass is 32.2. The van der Waals surface area contributed by atoms with Crippen molar-refractivity contribution in [1.29, 1.82) is 0 Å². The number of piperidine rings is 1. The van der Waals surface area contributed by atoms with Gasteiger partial charge in [0.05, 0.1) is 22.6 Å². The minimum Gasteiger partial charge on any atom is -0.462 e. The third-order valence-corrected chi connectivity index (χ3v) is 7.66. The molecule has 1 N–H and O–H groups in total. The first kappa shape index (κ1) is 22.2. The zero-order chi connectivity index (χ0) is 22.7. The fourth-order valence-corrected chi connectivity index (χ4v) is 5.72. The average molecular weight is 454 g/mol. The monoisotopic (exact) mass is 453 g/mol. The van der Waals surface area contributed by atoms with Crippen molar-refractivity contribution in [3.8, 4) is 0 Å². The number of carbonyl (C=O) groups is 1. The number of fused-ring (bicyclic) bond motifs is 1. The molecule has 8 heteroatoms. The highest BCUT2D eigenvalue weighted by Gasteiger charge is 2.31. The van der Waals surface area contributed by atoms with Gasteiger partial charge in [-0.05, 0) is 75.2 Å². The van der Waals surface area contributed by atoms with Crippen LogP contribution in [0.1, 0.15) is 43.5 Å². The van der Waals surface area contributed by atoms with E-state index in [0.29, 0.717) is 40.6 Å². The lowest BCUT2D eigenvalue weighted by Gasteiger charge is -2.32. The minimum absolute atomic E-state index is 0.0134. The van der Waals surface area contributed by atoms with Gasteiger partial charge in [0, 0.05) is 23.7 Å². The molecule has 1 fully saturated rings. The van der Waals surface area contributed by atoms with Gasteiger partial charge in [0.2, 0.25) is 10.0 Å². The molecule has 32 heavy (non-hydrogen) atoms. The van der Waals surface area contributed by atoms with Crippen LogP contribution in [0.15, 0.2) is 59.5 Å². The van der Waals surface area contributed by atoms with Crippen molar-refractivity contribution in [1.82, 2.24) is 9.29 Å². The number of rotatable bonds is 6. The van der Waals surface area contributed by atoms with E-state index in [1.165, 1.54) is 0 Å². The Kier molecular flexibility index (Phi) is 6.43. The van der Waals surface area contributed by atoms with Gasteiger partial charge in [0.25, 0.3) is 0 Å². The number of benzene rings is 2. The summed E-state index contributed by atoms with van der Waals surface area (Å²) >= 11 is 0. The van der Waals surface area contributed by atoms with Crippen molar-refractivity contribution in [3.05, 3.63) is 60.2 Å². The largest absolute Gasteiger partial charge is 0.462 e. The van der Waals surface area contributed by atoms with E-state index in [0.717, 1.165) is 24.6 Å². The molecule has 4 rings (SSSR count). The lowest BCUT2D eigenvalue weighted by molar-refractivity contribution is 0.0526. The van der Waals surface area contributed by atoms with Gasteiger partial charge in [-0.25, -0.2) is 18.2 Å². The third-order valence-electron chi connectivity index (χ3n) is 5.66. The van der Waals surface area contributed by atoms with Crippen molar-refractivity contribution in [2.45, 2.75) is 44.0 Å². The lowest BCUT2D eigenvalue weighted by atomic mass is 10.1. The van der Waals surface area contributed by atoms with E-state index in [4.69, 9.17) is 4.74 Å². The molecule has 1 saturated heterocycles. The molecule has 2 heterocycles. The van der Waals surface area contributed by atoms with E-state index in [9.17, 15) is 13.2 Å². The van der Waals surface area contributed by atoms with Crippen LogP contribution in [0.25, 0.3) is 10.9 Å². The second kappa shape index (κ2) is 9.26. The van der Waals surface area contributed by atoms with Gasteiger partial charge < -0.3 is 10.1 Å². The number of esters is 1. The summed E-state index contributed by atoms with van der Waals surface area (Å²) in [5.41, 5.74) is 1.85. The molecule has 2 aromatic carbocycles. The third kappa shape index (κ3) is 4.61. The number of ether oxygens (including phenoxy) is 1. The van der Waals surface area contributed by atoms with Gasteiger partial charge in [-0.3, -0.25) is 0 Å². The fraction of sp³-hybridized carbons (Fsp3) is 0.333. The molecule has 0 saturated carbocycles. The summed E-state index contributed by atoms with van der Waals surface area (Å²) in [6, 6.07) is 15.7. The predicted octanol–water partition coefficient (Wildman–Crippen LogP) is 4.72. The molecule has 1 aliphatic heterocycles. The van der Waals surface area contributed by atoms with Crippen LogP contribution in [-0.4, -0.2) is 42.9 Å². The van der Waals surface area contributed by atoms with Crippen molar-refractivity contribution in [2.75, 3.05) is 18.5 Å². The molecule has 0 bridgehead atoms. The standard InChI is InChI=1S/C24H27N3O4S/c1-3-31-24(28)19-8-6-9-20(15-19)25-23-13-10-18-16-21(11-12-22(18)26-23)32(29,30)27-14-5-4-7-17(27)2/h6,8-13,15-17H,3-5,7,14H2,1-2H3,(H,25,26)/t17-/m0/s1. The van der Waals surface area contributed by atoms with E-state index in [2.05, 4.69) is 10.3 Å². The second-order valence-corrected chi connectivity index (χ2v) is 9.83. The molecule has 1 aromatic heterocycles. The second-order valence-electron chi connectivity index (χ2n) is 7.94.